The fraction of sp³-hybridized carbons (Fsp3) is 0. The van der Waals surface area contributed by atoms with Crippen LogP contribution < -0.4 is 11.0 Å². The number of aromatic nitrogens is 2. The maximum Gasteiger partial charge on any atom is 0.323 e. The molecule has 3 N–H and O–H groups in total. The van der Waals surface area contributed by atoms with E-state index in [0.717, 1.165) is 6.07 Å². The Morgan fingerprint density at radius 2 is 1.87 bits per heavy atom. The number of hydrogen-bond acceptors (Lipinski definition) is 4. The molecule has 0 radical (unpaired) electrons. The second kappa shape index (κ2) is 5.58. The zero-order valence-electron chi connectivity index (χ0n) is 11.4. The molecule has 8 nitrogen and oxygen atoms in total. The van der Waals surface area contributed by atoms with Gasteiger partial charge in [0.2, 0.25) is 0 Å². The lowest BCUT2D eigenvalue weighted by molar-refractivity contribution is -0.384. The van der Waals surface area contributed by atoms with Gasteiger partial charge in [-0.25, -0.2) is 4.79 Å². The summed E-state index contributed by atoms with van der Waals surface area (Å²) < 4.78 is 0. The van der Waals surface area contributed by atoms with E-state index >= 15 is 0 Å². The minimum atomic E-state index is -0.594. The third-order valence-corrected chi connectivity index (χ3v) is 3.49. The molecular weight excluding hydrogens is 324 g/mol. The smallest absolute Gasteiger partial charge is 0.322 e. The lowest BCUT2D eigenvalue weighted by Crippen LogP contribution is -2.12. The molecule has 0 saturated heterocycles. The summed E-state index contributed by atoms with van der Waals surface area (Å²) in [4.78, 5) is 38.7. The van der Waals surface area contributed by atoms with E-state index in [0.29, 0.717) is 16.7 Å². The van der Waals surface area contributed by atoms with E-state index in [2.05, 4.69) is 15.3 Å². The molecule has 3 rings (SSSR count). The molecule has 0 unspecified atom stereocenters. The highest BCUT2D eigenvalue weighted by Gasteiger charge is 2.15. The van der Waals surface area contributed by atoms with Crippen molar-refractivity contribution in [2.24, 2.45) is 0 Å². The largest absolute Gasteiger partial charge is 0.323 e. The molecule has 1 aromatic heterocycles. The molecule has 0 spiro atoms. The zero-order chi connectivity index (χ0) is 16.6. The van der Waals surface area contributed by atoms with Crippen LogP contribution in [0.3, 0.4) is 0 Å². The lowest BCUT2D eigenvalue weighted by atomic mass is 10.2. The fourth-order valence-electron chi connectivity index (χ4n) is 2.11. The molecule has 0 aliphatic rings. The number of nitro benzene ring substituents is 1. The molecule has 9 heteroatoms. The SMILES string of the molecule is O=C(Nc1ccc2[nH]c(=O)[nH]c2c1)c1ccc([N+](=O)[O-])cc1Cl. The molecule has 3 aromatic rings. The maximum absolute atomic E-state index is 12.2. The summed E-state index contributed by atoms with van der Waals surface area (Å²) in [5, 5.41) is 13.3. The van der Waals surface area contributed by atoms with E-state index in [1.807, 2.05) is 0 Å². The van der Waals surface area contributed by atoms with Crippen LogP contribution in [0, 0.1) is 10.1 Å². The molecule has 116 valence electrons. The van der Waals surface area contributed by atoms with Crippen molar-refractivity contribution < 1.29 is 9.72 Å². The number of halogens is 1. The van der Waals surface area contributed by atoms with Crippen LogP contribution in [0.2, 0.25) is 5.02 Å². The Hall–Kier alpha value is -3.13. The molecular formula is C14H9ClN4O4. The second-order valence-corrected chi connectivity index (χ2v) is 5.12. The molecule has 2 aromatic carbocycles. The van der Waals surface area contributed by atoms with Crippen LogP contribution in [0.1, 0.15) is 10.4 Å². The first-order valence-corrected chi connectivity index (χ1v) is 6.79. The maximum atomic E-state index is 12.2. The van der Waals surface area contributed by atoms with Crippen LogP contribution in [-0.4, -0.2) is 20.8 Å². The van der Waals surface area contributed by atoms with Crippen molar-refractivity contribution in [2.75, 3.05) is 5.32 Å². The van der Waals surface area contributed by atoms with Gasteiger partial charge in [-0.1, -0.05) is 11.6 Å². The van der Waals surface area contributed by atoms with E-state index in [4.69, 9.17) is 11.6 Å². The van der Waals surface area contributed by atoms with Gasteiger partial charge in [-0.3, -0.25) is 14.9 Å². The first-order chi connectivity index (χ1) is 10.9. The predicted octanol–water partition coefficient (Wildman–Crippen LogP) is 2.67. The van der Waals surface area contributed by atoms with E-state index in [1.54, 1.807) is 18.2 Å². The van der Waals surface area contributed by atoms with Gasteiger partial charge < -0.3 is 15.3 Å². The number of nitrogens with one attached hydrogen (secondary N) is 3. The van der Waals surface area contributed by atoms with Crippen LogP contribution in [0.25, 0.3) is 11.0 Å². The van der Waals surface area contributed by atoms with E-state index in [1.165, 1.54) is 12.1 Å². The minimum absolute atomic E-state index is 0.0205. The van der Waals surface area contributed by atoms with Crippen molar-refractivity contribution in [3.63, 3.8) is 0 Å². The van der Waals surface area contributed by atoms with Crippen LogP contribution in [0.5, 0.6) is 0 Å². The van der Waals surface area contributed by atoms with E-state index in [-0.39, 0.29) is 22.0 Å². The van der Waals surface area contributed by atoms with Crippen LogP contribution >= 0.6 is 11.6 Å². The van der Waals surface area contributed by atoms with Gasteiger partial charge >= 0.3 is 5.69 Å². The zero-order valence-corrected chi connectivity index (χ0v) is 12.2. The number of rotatable bonds is 3. The average Bonchev–Trinajstić information content (AvgIpc) is 2.86. The number of hydrogen-bond donors (Lipinski definition) is 3. The Bertz CT molecular complexity index is 992. The van der Waals surface area contributed by atoms with Gasteiger partial charge in [0.25, 0.3) is 11.6 Å². The molecule has 0 fully saturated rings. The Kier molecular flexibility index (Phi) is 3.59. The standard InChI is InChI=1S/C14H9ClN4O4/c15-10-6-8(19(22)23)2-3-9(10)13(20)16-7-1-4-11-12(5-7)18-14(21)17-11/h1-6H,(H,16,20)(H2,17,18,21). The summed E-state index contributed by atoms with van der Waals surface area (Å²) in [5.41, 5.74) is 1.18. The minimum Gasteiger partial charge on any atom is -0.322 e. The molecule has 1 heterocycles. The predicted molar refractivity (Wildman–Crippen MR) is 85.0 cm³/mol. The van der Waals surface area contributed by atoms with Crippen LogP contribution in [0.4, 0.5) is 11.4 Å². The van der Waals surface area contributed by atoms with E-state index in [9.17, 15) is 19.7 Å². The Morgan fingerprint density at radius 1 is 1.13 bits per heavy atom. The molecule has 0 aliphatic heterocycles. The number of amides is 1. The van der Waals surface area contributed by atoms with Crippen molar-refractivity contribution in [1.82, 2.24) is 9.97 Å². The number of carbonyl (C=O) groups is 1. The first-order valence-electron chi connectivity index (χ1n) is 6.41. The number of nitro groups is 1. The molecule has 1 amide bonds. The van der Waals surface area contributed by atoms with Gasteiger partial charge in [0.1, 0.15) is 0 Å². The summed E-state index contributed by atoms with van der Waals surface area (Å²) in [7, 11) is 0. The Morgan fingerprint density at radius 3 is 2.57 bits per heavy atom. The third kappa shape index (κ3) is 2.92. The number of anilines is 1. The lowest BCUT2D eigenvalue weighted by Gasteiger charge is -2.06. The third-order valence-electron chi connectivity index (χ3n) is 3.18. The Labute approximate surface area is 133 Å². The number of H-pyrrole nitrogens is 2. The number of fused-ring (bicyclic) bond motifs is 1. The quantitative estimate of drug-likeness (QED) is 0.504. The summed E-state index contributed by atoms with van der Waals surface area (Å²) in [5.74, 6) is -0.512. The van der Waals surface area contributed by atoms with Crippen molar-refractivity contribution in [3.05, 3.63) is 67.6 Å². The van der Waals surface area contributed by atoms with Crippen LogP contribution in [0.15, 0.2) is 41.2 Å². The highest BCUT2D eigenvalue weighted by atomic mass is 35.5. The highest BCUT2D eigenvalue weighted by Crippen LogP contribution is 2.24. The van der Waals surface area contributed by atoms with Gasteiger partial charge in [0.05, 0.1) is 26.5 Å². The van der Waals surface area contributed by atoms with Gasteiger partial charge in [0.15, 0.2) is 0 Å². The van der Waals surface area contributed by atoms with Gasteiger partial charge in [-0.2, -0.15) is 0 Å². The van der Waals surface area contributed by atoms with E-state index < -0.39 is 10.8 Å². The topological polar surface area (TPSA) is 121 Å². The molecule has 0 aliphatic carbocycles. The number of carbonyl (C=O) groups excluding carboxylic acids is 1. The fourth-order valence-corrected chi connectivity index (χ4v) is 2.37. The monoisotopic (exact) mass is 332 g/mol. The molecule has 0 saturated carbocycles. The number of benzene rings is 2. The average molecular weight is 333 g/mol. The van der Waals surface area contributed by atoms with Crippen LogP contribution in [-0.2, 0) is 0 Å². The molecule has 0 bridgehead atoms. The van der Waals surface area contributed by atoms with Gasteiger partial charge in [0, 0.05) is 17.8 Å². The van der Waals surface area contributed by atoms with Crippen molar-refractivity contribution in [3.8, 4) is 0 Å². The Balaban J connectivity index is 1.88. The summed E-state index contributed by atoms with van der Waals surface area (Å²) in [6.45, 7) is 0. The highest BCUT2D eigenvalue weighted by molar-refractivity contribution is 6.34. The molecule has 0 atom stereocenters. The van der Waals surface area contributed by atoms with Crippen molar-refractivity contribution >= 4 is 39.9 Å². The second-order valence-electron chi connectivity index (χ2n) is 4.71. The van der Waals surface area contributed by atoms with Crippen molar-refractivity contribution in [2.45, 2.75) is 0 Å². The summed E-state index contributed by atoms with van der Waals surface area (Å²) >= 11 is 5.92. The normalized spacial score (nSPS) is 10.7. The molecule has 23 heavy (non-hydrogen) atoms. The number of nitrogens with zero attached hydrogens (tertiary/aromatic N) is 1. The summed E-state index contributed by atoms with van der Waals surface area (Å²) in [6, 6.07) is 8.44. The van der Waals surface area contributed by atoms with Gasteiger partial charge in [-0.05, 0) is 24.3 Å². The van der Waals surface area contributed by atoms with Crippen molar-refractivity contribution in [1.29, 1.82) is 0 Å². The summed E-state index contributed by atoms with van der Waals surface area (Å²) in [6.07, 6.45) is 0. The number of non-ortho nitro benzene ring substituents is 1. The number of imidazole rings is 1. The number of aromatic amines is 2. The van der Waals surface area contributed by atoms with Gasteiger partial charge in [-0.15, -0.1) is 0 Å². The first kappa shape index (κ1) is 14.8.